The molecule has 0 radical (unpaired) electrons. The molecule has 0 aromatic heterocycles. The number of anilines is 1. The molecule has 0 fully saturated rings. The Morgan fingerprint density at radius 3 is 2.46 bits per heavy atom. The summed E-state index contributed by atoms with van der Waals surface area (Å²) < 4.78 is 49.7. The van der Waals surface area contributed by atoms with Crippen LogP contribution in [-0.4, -0.2) is 25.1 Å². The fourth-order valence-corrected chi connectivity index (χ4v) is 2.15. The molecule has 0 saturated heterocycles. The zero-order valence-electron chi connectivity index (χ0n) is 14.0. The van der Waals surface area contributed by atoms with Gasteiger partial charge in [-0.25, -0.2) is 13.2 Å². The molecule has 26 heavy (non-hydrogen) atoms. The van der Waals surface area contributed by atoms with Crippen LogP contribution >= 0.6 is 0 Å². The Morgan fingerprint density at radius 2 is 1.77 bits per heavy atom. The van der Waals surface area contributed by atoms with E-state index in [1.807, 2.05) is 5.32 Å². The molecule has 0 spiro atoms. The lowest BCUT2D eigenvalue weighted by Crippen LogP contribution is -2.31. The van der Waals surface area contributed by atoms with E-state index >= 15 is 0 Å². The fourth-order valence-electron chi connectivity index (χ4n) is 2.15. The maximum atomic E-state index is 13.6. The SMILES string of the molecule is COc1ccccc1CC(=O)O[C@H](C)C(=O)Nc1ccc(F)c(F)c1F. The number of ether oxygens (including phenoxy) is 2. The van der Waals surface area contributed by atoms with Gasteiger partial charge in [-0.3, -0.25) is 9.59 Å². The van der Waals surface area contributed by atoms with Gasteiger partial charge in [0.25, 0.3) is 5.91 Å². The number of nitrogens with one attached hydrogen (secondary N) is 1. The number of carbonyl (C=O) groups excluding carboxylic acids is 2. The Balaban J connectivity index is 1.98. The van der Waals surface area contributed by atoms with Gasteiger partial charge in [0.1, 0.15) is 5.75 Å². The summed E-state index contributed by atoms with van der Waals surface area (Å²) in [4.78, 5) is 23.9. The normalized spacial score (nSPS) is 11.6. The lowest BCUT2D eigenvalue weighted by molar-refractivity contribution is -0.152. The summed E-state index contributed by atoms with van der Waals surface area (Å²) in [5.41, 5.74) is 0.0146. The molecule has 1 N–H and O–H groups in total. The Bertz CT molecular complexity index is 826. The molecule has 0 heterocycles. The maximum Gasteiger partial charge on any atom is 0.311 e. The van der Waals surface area contributed by atoms with Crippen molar-refractivity contribution in [2.75, 3.05) is 12.4 Å². The molecule has 5 nitrogen and oxygen atoms in total. The fraction of sp³-hybridized carbons (Fsp3) is 0.222. The molecule has 0 aliphatic heterocycles. The van der Waals surface area contributed by atoms with E-state index in [1.54, 1.807) is 24.3 Å². The topological polar surface area (TPSA) is 64.6 Å². The van der Waals surface area contributed by atoms with Gasteiger partial charge < -0.3 is 14.8 Å². The number of rotatable bonds is 6. The van der Waals surface area contributed by atoms with Crippen LogP contribution in [0.5, 0.6) is 5.75 Å². The van der Waals surface area contributed by atoms with Crippen molar-refractivity contribution in [2.45, 2.75) is 19.4 Å². The number of benzene rings is 2. The zero-order valence-corrected chi connectivity index (χ0v) is 14.0. The molecule has 0 aliphatic rings. The van der Waals surface area contributed by atoms with Crippen LogP contribution in [0.2, 0.25) is 0 Å². The number of hydrogen-bond donors (Lipinski definition) is 1. The third kappa shape index (κ3) is 4.53. The van der Waals surface area contributed by atoms with E-state index in [-0.39, 0.29) is 6.42 Å². The second-order valence-electron chi connectivity index (χ2n) is 5.33. The van der Waals surface area contributed by atoms with Gasteiger partial charge in [0.15, 0.2) is 23.6 Å². The molecule has 1 amide bonds. The molecule has 0 bridgehead atoms. The predicted molar refractivity (Wildman–Crippen MR) is 87.2 cm³/mol. The third-order valence-electron chi connectivity index (χ3n) is 3.50. The second kappa shape index (κ2) is 8.37. The van der Waals surface area contributed by atoms with E-state index < -0.39 is 41.1 Å². The van der Waals surface area contributed by atoms with Crippen LogP contribution in [0, 0.1) is 17.5 Å². The lowest BCUT2D eigenvalue weighted by atomic mass is 10.1. The highest BCUT2D eigenvalue weighted by Gasteiger charge is 2.22. The highest BCUT2D eigenvalue weighted by Crippen LogP contribution is 2.21. The summed E-state index contributed by atoms with van der Waals surface area (Å²) >= 11 is 0. The van der Waals surface area contributed by atoms with Crippen LogP contribution in [0.4, 0.5) is 18.9 Å². The first-order valence-electron chi connectivity index (χ1n) is 7.59. The third-order valence-corrected chi connectivity index (χ3v) is 3.50. The molecule has 2 aromatic carbocycles. The minimum atomic E-state index is -1.70. The van der Waals surface area contributed by atoms with Gasteiger partial charge in [0.2, 0.25) is 0 Å². The number of para-hydroxylation sites is 1. The summed E-state index contributed by atoms with van der Waals surface area (Å²) in [7, 11) is 1.45. The quantitative estimate of drug-likeness (QED) is 0.629. The van der Waals surface area contributed by atoms with Crippen molar-refractivity contribution < 1.29 is 32.2 Å². The molecule has 2 aromatic rings. The summed E-state index contributed by atoms with van der Waals surface area (Å²) in [5.74, 6) is -5.72. The van der Waals surface area contributed by atoms with Crippen molar-refractivity contribution in [1.82, 2.24) is 0 Å². The lowest BCUT2D eigenvalue weighted by Gasteiger charge is -2.15. The number of carbonyl (C=O) groups is 2. The van der Waals surface area contributed by atoms with E-state index in [0.717, 1.165) is 6.07 Å². The van der Waals surface area contributed by atoms with Gasteiger partial charge in [0, 0.05) is 5.56 Å². The summed E-state index contributed by atoms with van der Waals surface area (Å²) in [6.07, 6.45) is -1.41. The minimum absolute atomic E-state index is 0.138. The predicted octanol–water partition coefficient (Wildman–Crippen LogP) is 3.23. The molecule has 2 rings (SSSR count). The molecule has 0 aliphatic carbocycles. The van der Waals surface area contributed by atoms with Gasteiger partial charge in [-0.2, -0.15) is 0 Å². The van der Waals surface area contributed by atoms with E-state index in [2.05, 4.69) is 0 Å². The van der Waals surface area contributed by atoms with E-state index in [0.29, 0.717) is 17.4 Å². The van der Waals surface area contributed by atoms with Crippen LogP contribution in [0.1, 0.15) is 12.5 Å². The summed E-state index contributed by atoms with van der Waals surface area (Å²) in [5, 5.41) is 2.05. The van der Waals surface area contributed by atoms with Crippen LogP contribution in [-0.2, 0) is 20.7 Å². The van der Waals surface area contributed by atoms with Crippen molar-refractivity contribution in [3.63, 3.8) is 0 Å². The van der Waals surface area contributed by atoms with Crippen LogP contribution in [0.15, 0.2) is 36.4 Å². The molecule has 0 saturated carbocycles. The molecular weight excluding hydrogens is 351 g/mol. The number of amides is 1. The van der Waals surface area contributed by atoms with Crippen molar-refractivity contribution >= 4 is 17.6 Å². The first-order chi connectivity index (χ1) is 12.3. The largest absolute Gasteiger partial charge is 0.496 e. The second-order valence-corrected chi connectivity index (χ2v) is 5.33. The standard InChI is InChI=1S/C18H16F3NO4/c1-10(18(24)22-13-8-7-12(19)16(20)17(13)21)26-15(23)9-11-5-3-4-6-14(11)25-2/h3-8,10H,9H2,1-2H3,(H,22,24)/t10-/m1/s1. The first kappa shape index (κ1) is 19.3. The van der Waals surface area contributed by atoms with Gasteiger partial charge in [0.05, 0.1) is 19.2 Å². The van der Waals surface area contributed by atoms with E-state index in [9.17, 15) is 22.8 Å². The van der Waals surface area contributed by atoms with Crippen molar-refractivity contribution in [3.05, 3.63) is 59.4 Å². The molecular formula is C18H16F3NO4. The highest BCUT2D eigenvalue weighted by molar-refractivity contribution is 5.95. The van der Waals surface area contributed by atoms with Crippen LogP contribution < -0.4 is 10.1 Å². The monoisotopic (exact) mass is 367 g/mol. The summed E-state index contributed by atoms with van der Waals surface area (Å²) in [6, 6.07) is 8.33. The molecule has 0 unspecified atom stereocenters. The van der Waals surface area contributed by atoms with Gasteiger partial charge >= 0.3 is 5.97 Å². The van der Waals surface area contributed by atoms with E-state index in [4.69, 9.17) is 9.47 Å². The molecule has 8 heteroatoms. The average Bonchev–Trinajstić information content (AvgIpc) is 2.62. The van der Waals surface area contributed by atoms with Crippen molar-refractivity contribution in [2.24, 2.45) is 0 Å². The van der Waals surface area contributed by atoms with Crippen LogP contribution in [0.3, 0.4) is 0 Å². The van der Waals surface area contributed by atoms with Crippen molar-refractivity contribution in [1.29, 1.82) is 0 Å². The molecule has 1 atom stereocenters. The van der Waals surface area contributed by atoms with E-state index in [1.165, 1.54) is 14.0 Å². The van der Waals surface area contributed by atoms with Gasteiger partial charge in [-0.15, -0.1) is 0 Å². The number of esters is 1. The number of methoxy groups -OCH3 is 1. The highest BCUT2D eigenvalue weighted by atomic mass is 19.2. The Hall–Kier alpha value is -3.03. The molecule has 138 valence electrons. The number of hydrogen-bond acceptors (Lipinski definition) is 4. The number of halogens is 3. The van der Waals surface area contributed by atoms with Crippen molar-refractivity contribution in [3.8, 4) is 5.75 Å². The summed E-state index contributed by atoms with van der Waals surface area (Å²) in [6.45, 7) is 1.27. The minimum Gasteiger partial charge on any atom is -0.496 e. The smallest absolute Gasteiger partial charge is 0.311 e. The Labute approximate surface area is 147 Å². The maximum absolute atomic E-state index is 13.6. The average molecular weight is 367 g/mol. The van der Waals surface area contributed by atoms with Gasteiger partial charge in [-0.1, -0.05) is 18.2 Å². The Morgan fingerprint density at radius 1 is 1.08 bits per heavy atom. The Kier molecular flexibility index (Phi) is 6.21. The van der Waals surface area contributed by atoms with Crippen LogP contribution in [0.25, 0.3) is 0 Å². The zero-order chi connectivity index (χ0) is 19.3. The first-order valence-corrected chi connectivity index (χ1v) is 7.59. The van der Waals surface area contributed by atoms with Gasteiger partial charge in [-0.05, 0) is 25.1 Å².